The second-order valence-electron chi connectivity index (χ2n) is 8.46. The predicted molar refractivity (Wildman–Crippen MR) is 115 cm³/mol. The number of para-hydroxylation sites is 1. The highest BCUT2D eigenvalue weighted by atomic mass is 16.5. The average Bonchev–Trinajstić information content (AvgIpc) is 2.64. The summed E-state index contributed by atoms with van der Waals surface area (Å²) in [6, 6.07) is 9.33. The van der Waals surface area contributed by atoms with E-state index in [-0.39, 0.29) is 5.97 Å². The van der Waals surface area contributed by atoms with Crippen LogP contribution in [-0.2, 0) is 4.79 Å². The Kier molecular flexibility index (Phi) is 12.9. The monoisotopic (exact) mass is 376 g/mol. The summed E-state index contributed by atoms with van der Waals surface area (Å²) in [7, 11) is 4.55. The average molecular weight is 377 g/mol. The number of carbonyl (C=O) groups is 1. The number of rotatable bonds is 16. The maximum Gasteiger partial charge on any atom is 0.311 e. The summed E-state index contributed by atoms with van der Waals surface area (Å²) >= 11 is 0. The molecule has 1 aromatic rings. The summed E-state index contributed by atoms with van der Waals surface area (Å²) in [4.78, 5) is 11.9. The molecule has 0 aromatic heterocycles. The van der Waals surface area contributed by atoms with Gasteiger partial charge in [-0.25, -0.2) is 0 Å². The zero-order valence-corrected chi connectivity index (χ0v) is 18.0. The van der Waals surface area contributed by atoms with Gasteiger partial charge in [0.25, 0.3) is 0 Å². The third-order valence-electron chi connectivity index (χ3n) is 5.24. The van der Waals surface area contributed by atoms with Crippen molar-refractivity contribution in [1.82, 2.24) is 0 Å². The van der Waals surface area contributed by atoms with Crippen molar-refractivity contribution < 1.29 is 14.0 Å². The van der Waals surface area contributed by atoms with E-state index in [4.69, 9.17) is 4.74 Å². The molecule has 154 valence electrons. The van der Waals surface area contributed by atoms with Crippen LogP contribution in [0.15, 0.2) is 30.3 Å². The van der Waals surface area contributed by atoms with Crippen molar-refractivity contribution >= 4 is 5.97 Å². The van der Waals surface area contributed by atoms with Gasteiger partial charge in [0.1, 0.15) is 5.75 Å². The molecule has 0 bridgehead atoms. The van der Waals surface area contributed by atoms with Gasteiger partial charge in [0.15, 0.2) is 0 Å². The third kappa shape index (κ3) is 13.5. The summed E-state index contributed by atoms with van der Waals surface area (Å²) in [6.07, 6.45) is 15.2. The Labute approximate surface area is 167 Å². The quantitative estimate of drug-likeness (QED) is 0.145. The second kappa shape index (κ2) is 14.7. The van der Waals surface area contributed by atoms with Crippen molar-refractivity contribution in [2.24, 2.45) is 0 Å². The fourth-order valence-corrected chi connectivity index (χ4v) is 3.46. The Morgan fingerprint density at radius 2 is 1.30 bits per heavy atom. The number of benzene rings is 1. The van der Waals surface area contributed by atoms with Crippen molar-refractivity contribution in [2.75, 3.05) is 27.2 Å². The molecule has 0 saturated carbocycles. The lowest BCUT2D eigenvalue weighted by atomic mass is 10.1. The van der Waals surface area contributed by atoms with Crippen molar-refractivity contribution in [2.45, 2.75) is 84.0 Å². The van der Waals surface area contributed by atoms with E-state index in [1.54, 1.807) is 0 Å². The SMILES string of the molecule is CCCCCCCCCCCC[N+](C)(C)CCCC(=O)Oc1ccccc1. The number of quaternary nitrogens is 1. The highest BCUT2D eigenvalue weighted by Gasteiger charge is 2.15. The first-order valence-corrected chi connectivity index (χ1v) is 11.1. The maximum absolute atomic E-state index is 11.9. The van der Waals surface area contributed by atoms with Gasteiger partial charge in [-0.05, 0) is 25.0 Å². The van der Waals surface area contributed by atoms with Gasteiger partial charge in [0, 0.05) is 6.42 Å². The summed E-state index contributed by atoms with van der Waals surface area (Å²) < 4.78 is 6.35. The van der Waals surface area contributed by atoms with Crippen molar-refractivity contribution in [3.63, 3.8) is 0 Å². The van der Waals surface area contributed by atoms with Crippen LogP contribution in [0.4, 0.5) is 0 Å². The number of nitrogens with zero attached hydrogens (tertiary/aromatic N) is 1. The van der Waals surface area contributed by atoms with Gasteiger partial charge < -0.3 is 9.22 Å². The van der Waals surface area contributed by atoms with Crippen LogP contribution in [-0.4, -0.2) is 37.6 Å². The molecule has 0 saturated heterocycles. The van der Waals surface area contributed by atoms with Crippen molar-refractivity contribution in [3.8, 4) is 5.75 Å². The molecule has 0 amide bonds. The lowest BCUT2D eigenvalue weighted by Crippen LogP contribution is -2.41. The highest BCUT2D eigenvalue weighted by molar-refractivity contribution is 5.72. The Morgan fingerprint density at radius 1 is 0.778 bits per heavy atom. The molecule has 1 aromatic carbocycles. The molecule has 0 aliphatic rings. The molecule has 0 N–H and O–H groups in total. The van der Waals surface area contributed by atoms with E-state index in [0.717, 1.165) is 17.4 Å². The van der Waals surface area contributed by atoms with Crippen LogP contribution in [0.25, 0.3) is 0 Å². The molecule has 0 radical (unpaired) electrons. The molecule has 0 atom stereocenters. The smallest absolute Gasteiger partial charge is 0.311 e. The third-order valence-corrected chi connectivity index (χ3v) is 5.24. The molecule has 0 aliphatic heterocycles. The van der Waals surface area contributed by atoms with Gasteiger partial charge in [-0.2, -0.15) is 0 Å². The predicted octanol–water partition coefficient (Wildman–Crippen LogP) is 6.37. The van der Waals surface area contributed by atoms with Crippen LogP contribution in [0.1, 0.15) is 84.0 Å². The molecule has 0 aliphatic carbocycles. The first-order valence-electron chi connectivity index (χ1n) is 11.1. The normalized spacial score (nSPS) is 11.5. The van der Waals surface area contributed by atoms with E-state index in [0.29, 0.717) is 12.2 Å². The zero-order valence-electron chi connectivity index (χ0n) is 18.0. The van der Waals surface area contributed by atoms with Crippen molar-refractivity contribution in [1.29, 1.82) is 0 Å². The zero-order chi connectivity index (χ0) is 19.8. The largest absolute Gasteiger partial charge is 0.427 e. The van der Waals surface area contributed by atoms with E-state index >= 15 is 0 Å². The van der Waals surface area contributed by atoms with Crippen LogP contribution in [0.5, 0.6) is 5.75 Å². The molecule has 3 nitrogen and oxygen atoms in total. The van der Waals surface area contributed by atoms with Crippen LogP contribution in [0, 0.1) is 0 Å². The number of ether oxygens (including phenoxy) is 1. The Hall–Kier alpha value is -1.35. The Morgan fingerprint density at radius 3 is 1.89 bits per heavy atom. The van der Waals surface area contributed by atoms with Gasteiger partial charge in [-0.3, -0.25) is 4.79 Å². The highest BCUT2D eigenvalue weighted by Crippen LogP contribution is 2.13. The summed E-state index contributed by atoms with van der Waals surface area (Å²) in [5, 5.41) is 0. The van der Waals surface area contributed by atoms with Gasteiger partial charge in [0.05, 0.1) is 33.6 Å². The topological polar surface area (TPSA) is 26.3 Å². The van der Waals surface area contributed by atoms with Gasteiger partial charge >= 0.3 is 5.97 Å². The Balaban J connectivity index is 1.99. The summed E-state index contributed by atoms with van der Waals surface area (Å²) in [5.41, 5.74) is 0. The number of hydrogen-bond donors (Lipinski definition) is 0. The van der Waals surface area contributed by atoms with E-state index < -0.39 is 0 Å². The number of hydrogen-bond acceptors (Lipinski definition) is 2. The minimum atomic E-state index is -0.125. The maximum atomic E-state index is 11.9. The molecule has 3 heteroatoms. The summed E-state index contributed by atoms with van der Waals surface area (Å²) in [6.45, 7) is 4.50. The fourth-order valence-electron chi connectivity index (χ4n) is 3.46. The van der Waals surface area contributed by atoms with Gasteiger partial charge in [-0.1, -0.05) is 76.5 Å². The molecular formula is C24H42NO2+. The lowest BCUT2D eigenvalue weighted by molar-refractivity contribution is -0.890. The molecule has 0 spiro atoms. The van der Waals surface area contributed by atoms with E-state index in [1.807, 2.05) is 30.3 Å². The molecule has 27 heavy (non-hydrogen) atoms. The standard InChI is InChI=1S/C24H42NO2/c1-4-5-6-7-8-9-10-11-12-16-21-25(2,3)22-17-20-24(26)27-23-18-14-13-15-19-23/h13-15,18-19H,4-12,16-17,20-22H2,1-3H3/q+1. The lowest BCUT2D eigenvalue weighted by Gasteiger charge is -2.29. The first kappa shape index (κ1) is 23.7. The van der Waals surface area contributed by atoms with Gasteiger partial charge in [-0.15, -0.1) is 0 Å². The van der Waals surface area contributed by atoms with E-state index in [1.165, 1.54) is 70.8 Å². The Bertz CT molecular complexity index is 484. The van der Waals surface area contributed by atoms with Crippen molar-refractivity contribution in [3.05, 3.63) is 30.3 Å². The number of unbranched alkanes of at least 4 members (excludes halogenated alkanes) is 9. The van der Waals surface area contributed by atoms with Gasteiger partial charge in [0.2, 0.25) is 0 Å². The minimum absolute atomic E-state index is 0.125. The van der Waals surface area contributed by atoms with Crippen LogP contribution >= 0.6 is 0 Å². The second-order valence-corrected chi connectivity index (χ2v) is 8.46. The van der Waals surface area contributed by atoms with E-state index in [2.05, 4.69) is 21.0 Å². The first-order chi connectivity index (χ1) is 13.0. The van der Waals surface area contributed by atoms with Crippen LogP contribution < -0.4 is 4.74 Å². The molecule has 0 unspecified atom stereocenters. The molecular weight excluding hydrogens is 334 g/mol. The number of esters is 1. The van der Waals surface area contributed by atoms with Crippen LogP contribution in [0.2, 0.25) is 0 Å². The molecule has 1 rings (SSSR count). The molecule has 0 heterocycles. The van der Waals surface area contributed by atoms with E-state index in [9.17, 15) is 4.79 Å². The molecule has 0 fully saturated rings. The summed E-state index contributed by atoms with van der Waals surface area (Å²) in [5.74, 6) is 0.516. The fraction of sp³-hybridized carbons (Fsp3) is 0.708. The minimum Gasteiger partial charge on any atom is -0.427 e. The van der Waals surface area contributed by atoms with Crippen LogP contribution in [0.3, 0.4) is 0 Å². The number of carbonyl (C=O) groups excluding carboxylic acids is 1.